The molecule has 6 heteroatoms. The fraction of sp³-hybridized carbons (Fsp3) is 0.455. The molecule has 0 aromatic carbocycles. The van der Waals surface area contributed by atoms with E-state index in [1.165, 1.54) is 0 Å². The molecule has 0 unspecified atom stereocenters. The van der Waals surface area contributed by atoms with Crippen molar-refractivity contribution in [3.63, 3.8) is 0 Å². The van der Waals surface area contributed by atoms with Crippen molar-refractivity contribution in [2.45, 2.75) is 26.5 Å². The number of aryl methyl sites for hydroxylation is 1. The van der Waals surface area contributed by atoms with Crippen molar-refractivity contribution in [1.82, 2.24) is 15.5 Å². The van der Waals surface area contributed by atoms with Crippen LogP contribution in [0.15, 0.2) is 21.1 Å². The van der Waals surface area contributed by atoms with E-state index in [1.54, 1.807) is 13.0 Å². The van der Waals surface area contributed by atoms with Gasteiger partial charge >= 0.3 is 0 Å². The zero-order valence-electron chi connectivity index (χ0n) is 9.64. The summed E-state index contributed by atoms with van der Waals surface area (Å²) >= 11 is 0. The zero-order valence-corrected chi connectivity index (χ0v) is 9.64. The topological polar surface area (TPSA) is 84.3 Å². The van der Waals surface area contributed by atoms with E-state index < -0.39 is 0 Å². The minimum atomic E-state index is -0.0673. The third-order valence-electron chi connectivity index (χ3n) is 2.27. The van der Waals surface area contributed by atoms with Crippen LogP contribution in [0, 0.1) is 6.92 Å². The molecule has 0 aliphatic heterocycles. The van der Waals surface area contributed by atoms with E-state index in [-0.39, 0.29) is 6.61 Å². The largest absolute Gasteiger partial charge is 0.462 e. The van der Waals surface area contributed by atoms with Gasteiger partial charge in [-0.3, -0.25) is 0 Å². The third-order valence-corrected chi connectivity index (χ3v) is 2.27. The SMILES string of the molecule is Cc1nc(CCNCc2ccc(CO)o2)no1. The molecule has 0 aliphatic rings. The highest BCUT2D eigenvalue weighted by molar-refractivity contribution is 5.06. The number of aliphatic hydroxyl groups excluding tert-OH is 1. The molecule has 0 bridgehead atoms. The summed E-state index contributed by atoms with van der Waals surface area (Å²) in [6, 6.07) is 3.61. The van der Waals surface area contributed by atoms with Crippen molar-refractivity contribution in [3.05, 3.63) is 35.4 Å². The van der Waals surface area contributed by atoms with Gasteiger partial charge in [-0.15, -0.1) is 0 Å². The lowest BCUT2D eigenvalue weighted by molar-refractivity contribution is 0.243. The van der Waals surface area contributed by atoms with Crippen LogP contribution in [0.2, 0.25) is 0 Å². The number of furan rings is 1. The predicted octanol–water partition coefficient (Wildman–Crippen LogP) is 0.796. The Bertz CT molecular complexity index is 464. The van der Waals surface area contributed by atoms with Crippen molar-refractivity contribution >= 4 is 0 Å². The summed E-state index contributed by atoms with van der Waals surface area (Å²) in [4.78, 5) is 4.10. The van der Waals surface area contributed by atoms with Gasteiger partial charge in [-0.1, -0.05) is 5.16 Å². The lowest BCUT2D eigenvalue weighted by Crippen LogP contribution is -2.16. The smallest absolute Gasteiger partial charge is 0.223 e. The molecule has 0 fully saturated rings. The number of aromatic nitrogens is 2. The lowest BCUT2D eigenvalue weighted by Gasteiger charge is -1.99. The molecule has 0 radical (unpaired) electrons. The fourth-order valence-corrected chi connectivity index (χ4v) is 1.46. The number of nitrogens with zero attached hydrogens (tertiary/aromatic N) is 2. The van der Waals surface area contributed by atoms with E-state index in [0.717, 1.165) is 12.3 Å². The molecule has 0 aliphatic carbocycles. The van der Waals surface area contributed by atoms with E-state index in [9.17, 15) is 0 Å². The van der Waals surface area contributed by atoms with Crippen LogP contribution in [0.3, 0.4) is 0 Å². The quantitative estimate of drug-likeness (QED) is 0.723. The van der Waals surface area contributed by atoms with E-state index in [0.29, 0.717) is 30.4 Å². The van der Waals surface area contributed by atoms with E-state index in [2.05, 4.69) is 15.5 Å². The van der Waals surface area contributed by atoms with Crippen molar-refractivity contribution in [2.24, 2.45) is 0 Å². The van der Waals surface area contributed by atoms with E-state index in [4.69, 9.17) is 14.0 Å². The standard InChI is InChI=1S/C11H15N3O3/c1-8-13-11(14-17-8)4-5-12-6-9-2-3-10(7-15)16-9/h2-3,12,15H,4-7H2,1H3. The average molecular weight is 237 g/mol. The van der Waals surface area contributed by atoms with Crippen LogP contribution >= 0.6 is 0 Å². The van der Waals surface area contributed by atoms with Crippen molar-refractivity contribution < 1.29 is 14.0 Å². The Balaban J connectivity index is 1.69. The first kappa shape index (κ1) is 11.8. The summed E-state index contributed by atoms with van der Waals surface area (Å²) in [7, 11) is 0. The minimum Gasteiger partial charge on any atom is -0.462 e. The van der Waals surface area contributed by atoms with Gasteiger partial charge in [0, 0.05) is 19.9 Å². The van der Waals surface area contributed by atoms with Crippen LogP contribution in [0.25, 0.3) is 0 Å². The molecule has 2 aromatic rings. The van der Waals surface area contributed by atoms with Gasteiger partial charge in [0.25, 0.3) is 0 Å². The minimum absolute atomic E-state index is 0.0673. The first-order valence-corrected chi connectivity index (χ1v) is 5.46. The normalized spacial score (nSPS) is 10.9. The Hall–Kier alpha value is -1.66. The molecule has 0 saturated heterocycles. The molecule has 6 nitrogen and oxygen atoms in total. The molecule has 2 N–H and O–H groups in total. The number of nitrogens with one attached hydrogen (secondary N) is 1. The molecule has 2 rings (SSSR count). The zero-order chi connectivity index (χ0) is 12.1. The summed E-state index contributed by atoms with van der Waals surface area (Å²) in [5.41, 5.74) is 0. The Labute approximate surface area is 98.6 Å². The van der Waals surface area contributed by atoms with E-state index >= 15 is 0 Å². The number of aliphatic hydroxyl groups is 1. The van der Waals surface area contributed by atoms with Gasteiger partial charge in [-0.05, 0) is 12.1 Å². The second-order valence-corrected chi connectivity index (χ2v) is 3.68. The third kappa shape index (κ3) is 3.40. The first-order valence-electron chi connectivity index (χ1n) is 5.46. The maximum atomic E-state index is 8.83. The molecule has 92 valence electrons. The molecule has 0 saturated carbocycles. The maximum Gasteiger partial charge on any atom is 0.223 e. The van der Waals surface area contributed by atoms with Gasteiger partial charge < -0.3 is 19.4 Å². The molecule has 0 atom stereocenters. The van der Waals surface area contributed by atoms with Crippen molar-refractivity contribution in [3.8, 4) is 0 Å². The summed E-state index contributed by atoms with van der Waals surface area (Å²) in [5, 5.41) is 15.8. The van der Waals surface area contributed by atoms with Gasteiger partial charge in [-0.2, -0.15) is 4.98 Å². The van der Waals surface area contributed by atoms with Crippen LogP contribution in [0.4, 0.5) is 0 Å². The summed E-state index contributed by atoms with van der Waals surface area (Å²) in [6.45, 7) is 3.07. The fourth-order valence-electron chi connectivity index (χ4n) is 1.46. The van der Waals surface area contributed by atoms with Crippen LogP contribution in [-0.2, 0) is 19.6 Å². The predicted molar refractivity (Wildman–Crippen MR) is 59.1 cm³/mol. The van der Waals surface area contributed by atoms with E-state index in [1.807, 2.05) is 6.07 Å². The molecule has 2 aromatic heterocycles. The van der Waals surface area contributed by atoms with Crippen LogP contribution < -0.4 is 5.32 Å². The second kappa shape index (κ2) is 5.60. The Kier molecular flexibility index (Phi) is 3.89. The highest BCUT2D eigenvalue weighted by Crippen LogP contribution is 2.07. The second-order valence-electron chi connectivity index (χ2n) is 3.68. The molecule has 0 amide bonds. The Morgan fingerprint density at radius 3 is 2.82 bits per heavy atom. The lowest BCUT2D eigenvalue weighted by atomic mass is 10.4. The monoisotopic (exact) mass is 237 g/mol. The maximum absolute atomic E-state index is 8.83. The number of hydrogen-bond donors (Lipinski definition) is 2. The van der Waals surface area contributed by atoms with Gasteiger partial charge in [0.1, 0.15) is 18.1 Å². The summed E-state index contributed by atoms with van der Waals surface area (Å²) in [6.07, 6.45) is 0.713. The molecular weight excluding hydrogens is 222 g/mol. The average Bonchev–Trinajstić information content (AvgIpc) is 2.93. The van der Waals surface area contributed by atoms with Crippen LogP contribution in [0.5, 0.6) is 0 Å². The highest BCUT2D eigenvalue weighted by atomic mass is 16.5. The Morgan fingerprint density at radius 2 is 2.18 bits per heavy atom. The number of hydrogen-bond acceptors (Lipinski definition) is 6. The first-order chi connectivity index (χ1) is 8.28. The molecule has 17 heavy (non-hydrogen) atoms. The van der Waals surface area contributed by atoms with Gasteiger partial charge in [0.2, 0.25) is 5.89 Å². The van der Waals surface area contributed by atoms with Gasteiger partial charge in [-0.25, -0.2) is 0 Å². The van der Waals surface area contributed by atoms with Gasteiger partial charge in [0.05, 0.1) is 6.54 Å². The van der Waals surface area contributed by atoms with Crippen LogP contribution in [-0.4, -0.2) is 21.8 Å². The van der Waals surface area contributed by atoms with Crippen molar-refractivity contribution in [1.29, 1.82) is 0 Å². The molecular formula is C11H15N3O3. The molecule has 0 spiro atoms. The molecule has 2 heterocycles. The summed E-state index contributed by atoms with van der Waals surface area (Å²) in [5.74, 6) is 2.66. The van der Waals surface area contributed by atoms with Gasteiger partial charge in [0.15, 0.2) is 5.82 Å². The Morgan fingerprint density at radius 1 is 1.35 bits per heavy atom. The highest BCUT2D eigenvalue weighted by Gasteiger charge is 2.03. The van der Waals surface area contributed by atoms with Crippen molar-refractivity contribution in [2.75, 3.05) is 6.54 Å². The summed E-state index contributed by atoms with van der Waals surface area (Å²) < 4.78 is 10.2. The number of rotatable bonds is 6. The van der Waals surface area contributed by atoms with Crippen LogP contribution in [0.1, 0.15) is 23.2 Å².